The highest BCUT2D eigenvalue weighted by atomic mass is 19.3. The van der Waals surface area contributed by atoms with Crippen LogP contribution in [0.2, 0.25) is 0 Å². The van der Waals surface area contributed by atoms with Crippen LogP contribution in [0, 0.1) is 40.9 Å². The molecule has 0 spiro atoms. The first-order chi connectivity index (χ1) is 14.3. The molecule has 168 valence electrons. The summed E-state index contributed by atoms with van der Waals surface area (Å²) in [6.07, 6.45) is 6.54. The van der Waals surface area contributed by atoms with E-state index in [9.17, 15) is 18.7 Å². The first-order valence-corrected chi connectivity index (χ1v) is 11.7. The second kappa shape index (κ2) is 7.40. The number of nitrogens with zero attached hydrogens (tertiary/aromatic N) is 2. The van der Waals surface area contributed by atoms with Gasteiger partial charge in [-0.1, -0.05) is 6.92 Å². The smallest absolute Gasteiger partial charge is 0.266 e. The van der Waals surface area contributed by atoms with Gasteiger partial charge in [0.2, 0.25) is 0 Å². The van der Waals surface area contributed by atoms with E-state index in [4.69, 9.17) is 0 Å². The largest absolute Gasteiger partial charge is 0.384 e. The molecule has 4 N–H and O–H groups in total. The predicted molar refractivity (Wildman–Crippen MR) is 107 cm³/mol. The van der Waals surface area contributed by atoms with Crippen molar-refractivity contribution in [3.63, 3.8) is 0 Å². The highest BCUT2D eigenvalue weighted by molar-refractivity contribution is 5.85. The van der Waals surface area contributed by atoms with Crippen LogP contribution in [-0.2, 0) is 4.79 Å². The lowest BCUT2D eigenvalue weighted by Gasteiger charge is -2.57. The third kappa shape index (κ3) is 3.17. The minimum Gasteiger partial charge on any atom is -0.384 e. The van der Waals surface area contributed by atoms with Crippen molar-refractivity contribution in [2.24, 2.45) is 46.0 Å². The first kappa shape index (κ1) is 20.6. The van der Waals surface area contributed by atoms with Crippen molar-refractivity contribution in [3.8, 4) is 0 Å². The topological polar surface area (TPSA) is 81.5 Å². The number of carbonyl (C=O) groups is 1. The summed E-state index contributed by atoms with van der Waals surface area (Å²) < 4.78 is 26.8. The number of carbonyl (C=O) groups excluding carboxylic acids is 1. The van der Waals surface area contributed by atoms with Gasteiger partial charge in [0.1, 0.15) is 12.1 Å². The van der Waals surface area contributed by atoms with Gasteiger partial charge in [0.25, 0.3) is 6.43 Å². The van der Waals surface area contributed by atoms with Crippen LogP contribution in [0.25, 0.3) is 0 Å². The van der Waals surface area contributed by atoms with E-state index in [-0.39, 0.29) is 30.1 Å². The Kier molecular flexibility index (Phi) is 5.08. The normalized spacial score (nSPS) is 47.6. The van der Waals surface area contributed by atoms with E-state index in [0.29, 0.717) is 36.0 Å². The Hall–Kier alpha value is -1.28. The Morgan fingerprint density at radius 1 is 1.20 bits per heavy atom. The summed E-state index contributed by atoms with van der Waals surface area (Å²) in [5.74, 6) is 2.90. The van der Waals surface area contributed by atoms with E-state index >= 15 is 0 Å². The van der Waals surface area contributed by atoms with Crippen molar-refractivity contribution in [1.82, 2.24) is 10.5 Å². The Balaban J connectivity index is 1.28. The summed E-state index contributed by atoms with van der Waals surface area (Å²) in [4.78, 5) is 13.1. The van der Waals surface area contributed by atoms with Gasteiger partial charge in [0, 0.05) is 5.92 Å². The molecule has 6 nitrogen and oxygen atoms in total. The van der Waals surface area contributed by atoms with Crippen LogP contribution in [0.5, 0.6) is 0 Å². The Bertz CT molecular complexity index is 721. The molecule has 0 bridgehead atoms. The Morgan fingerprint density at radius 2 is 2.00 bits per heavy atom. The molecular formula is C22H35F2N4O2+. The number of hydrazone groups is 1. The molecule has 0 saturated heterocycles. The van der Waals surface area contributed by atoms with Gasteiger partial charge in [-0.3, -0.25) is 4.79 Å². The summed E-state index contributed by atoms with van der Waals surface area (Å²) in [5, 5.41) is 16.1. The van der Waals surface area contributed by atoms with Crippen molar-refractivity contribution in [2.45, 2.75) is 76.7 Å². The highest BCUT2D eigenvalue weighted by Crippen LogP contribution is 2.64. The molecule has 5 rings (SSSR count). The van der Waals surface area contributed by atoms with Crippen LogP contribution < -0.4 is 11.1 Å². The SMILES string of the molecule is CC12CCC3C4CCC(O)(C(F)F)CC4CCC3C1CCC2C(=O)CN1C=NN[NH2+]1. The number of fused-ring (bicyclic) bond motifs is 5. The minimum atomic E-state index is -2.64. The van der Waals surface area contributed by atoms with Gasteiger partial charge in [0.05, 0.1) is 0 Å². The molecule has 4 aliphatic carbocycles. The van der Waals surface area contributed by atoms with Gasteiger partial charge in [-0.05, 0) is 92.8 Å². The molecule has 0 amide bonds. The molecule has 0 aromatic heterocycles. The highest BCUT2D eigenvalue weighted by Gasteiger charge is 2.59. The van der Waals surface area contributed by atoms with E-state index in [2.05, 4.69) is 17.6 Å². The lowest BCUT2D eigenvalue weighted by Crippen LogP contribution is -2.97. The number of aliphatic hydroxyl groups is 1. The summed E-state index contributed by atoms with van der Waals surface area (Å²) in [5.41, 5.74) is 2.79. The molecule has 0 radical (unpaired) electrons. The number of ketones is 1. The second-order valence-electron chi connectivity index (χ2n) is 10.9. The number of nitrogens with two attached hydrogens (primary N) is 1. The van der Waals surface area contributed by atoms with Gasteiger partial charge in [-0.25, -0.2) is 8.78 Å². The van der Waals surface area contributed by atoms with Crippen LogP contribution in [-0.4, -0.2) is 40.8 Å². The third-order valence-electron chi connectivity index (χ3n) is 9.68. The summed E-state index contributed by atoms with van der Waals surface area (Å²) in [6.45, 7) is 2.72. The molecule has 5 aliphatic rings. The molecule has 1 heterocycles. The molecule has 8 atom stereocenters. The van der Waals surface area contributed by atoms with Crippen molar-refractivity contribution in [3.05, 3.63) is 0 Å². The zero-order valence-corrected chi connectivity index (χ0v) is 17.8. The predicted octanol–water partition coefficient (Wildman–Crippen LogP) is 2.06. The number of halogens is 2. The van der Waals surface area contributed by atoms with E-state index in [1.807, 2.05) is 5.01 Å². The Labute approximate surface area is 176 Å². The maximum absolute atomic E-state index is 13.4. The number of hydrogen-bond acceptors (Lipinski definition) is 5. The van der Waals surface area contributed by atoms with Crippen LogP contribution in [0.15, 0.2) is 5.10 Å². The molecule has 8 unspecified atom stereocenters. The third-order valence-corrected chi connectivity index (χ3v) is 9.68. The molecule has 4 fully saturated rings. The number of alkyl halides is 2. The van der Waals surface area contributed by atoms with E-state index in [1.54, 1.807) is 11.9 Å². The number of nitrogens with one attached hydrogen (secondary N) is 1. The van der Waals surface area contributed by atoms with Crippen molar-refractivity contribution >= 4 is 12.1 Å². The fourth-order valence-electron chi connectivity index (χ4n) is 8.26. The fraction of sp³-hybridized carbons (Fsp3) is 0.909. The van der Waals surface area contributed by atoms with Gasteiger partial charge in [-0.2, -0.15) is 5.01 Å². The summed E-state index contributed by atoms with van der Waals surface area (Å²) >= 11 is 0. The fourth-order valence-corrected chi connectivity index (χ4v) is 8.26. The van der Waals surface area contributed by atoms with Gasteiger partial charge in [-0.15, -0.1) is 16.2 Å². The maximum atomic E-state index is 13.4. The van der Waals surface area contributed by atoms with Gasteiger partial charge in [0.15, 0.2) is 12.1 Å². The quantitative estimate of drug-likeness (QED) is 0.603. The lowest BCUT2D eigenvalue weighted by molar-refractivity contribution is -0.818. The number of Topliss-reactive ketones (excluding diaryl/α,β-unsaturated/α-hetero) is 1. The van der Waals surface area contributed by atoms with Crippen molar-refractivity contribution in [1.29, 1.82) is 0 Å². The molecule has 0 aromatic carbocycles. The van der Waals surface area contributed by atoms with Gasteiger partial charge < -0.3 is 5.11 Å². The lowest BCUT2D eigenvalue weighted by atomic mass is 9.49. The zero-order chi connectivity index (χ0) is 21.1. The van der Waals surface area contributed by atoms with E-state index < -0.39 is 12.0 Å². The van der Waals surface area contributed by atoms with E-state index in [1.165, 1.54) is 0 Å². The zero-order valence-electron chi connectivity index (χ0n) is 17.8. The molecule has 1 aliphatic heterocycles. The van der Waals surface area contributed by atoms with Crippen LogP contribution in [0.3, 0.4) is 0 Å². The van der Waals surface area contributed by atoms with Gasteiger partial charge >= 0.3 is 0 Å². The van der Waals surface area contributed by atoms with E-state index in [0.717, 1.165) is 44.9 Å². The molecule has 8 heteroatoms. The monoisotopic (exact) mass is 425 g/mol. The molecular weight excluding hydrogens is 390 g/mol. The van der Waals surface area contributed by atoms with Crippen LogP contribution >= 0.6 is 0 Å². The maximum Gasteiger partial charge on any atom is 0.266 e. The number of rotatable bonds is 4. The molecule has 0 aromatic rings. The van der Waals surface area contributed by atoms with Crippen molar-refractivity contribution in [2.75, 3.05) is 6.54 Å². The van der Waals surface area contributed by atoms with Crippen LogP contribution in [0.4, 0.5) is 8.78 Å². The Morgan fingerprint density at radius 3 is 2.73 bits per heavy atom. The standard InChI is InChI=1S/C22H34F2N4O2/c1-21-8-6-15-14-7-9-22(30,20(23)24)10-13(14)2-3-16(15)17(21)4-5-18(21)19(29)11-28-12-25-26-27-28/h12-18,20,26-27,30H,2-11H2,1H3/p+1. The average Bonchev–Trinajstić information content (AvgIpc) is 3.34. The summed E-state index contributed by atoms with van der Waals surface area (Å²) in [7, 11) is 0. The summed E-state index contributed by atoms with van der Waals surface area (Å²) in [6, 6.07) is 0. The molecule has 4 saturated carbocycles. The average molecular weight is 426 g/mol. The first-order valence-electron chi connectivity index (χ1n) is 11.7. The van der Waals surface area contributed by atoms with Crippen LogP contribution in [0.1, 0.15) is 64.7 Å². The number of quaternary nitrogens is 1. The van der Waals surface area contributed by atoms with Crippen molar-refractivity contribution < 1.29 is 24.2 Å². The molecule has 30 heavy (non-hydrogen) atoms. The minimum absolute atomic E-state index is 0.0633. The second-order valence-corrected chi connectivity index (χ2v) is 10.9. The number of hydrogen-bond donors (Lipinski definition) is 3.